The molecule has 0 aliphatic rings. The Morgan fingerprint density at radius 1 is 1.86 bits per heavy atom. The minimum absolute atomic E-state index is 0.0139. The lowest BCUT2D eigenvalue weighted by Gasteiger charge is -1.57. The molecule has 0 unspecified atom stereocenters. The van der Waals surface area contributed by atoms with Crippen molar-refractivity contribution in [1.82, 2.24) is 10.1 Å². The molecule has 1 rings (SSSR count). The van der Waals surface area contributed by atoms with Gasteiger partial charge in [-0.25, -0.2) is 0 Å². The molecule has 1 heterocycles. The fraction of sp³-hybridized carbons (Fsp3) is 0. The summed E-state index contributed by atoms with van der Waals surface area (Å²) in [6, 6.07) is 1.66. The highest BCUT2D eigenvalue weighted by Gasteiger charge is 1.89. The number of nitrogens with zero attached hydrogens (tertiary/aromatic N) is 3. The van der Waals surface area contributed by atoms with E-state index in [4.69, 9.17) is 5.26 Å². The maximum Gasteiger partial charge on any atom is 0.317 e. The van der Waals surface area contributed by atoms with Crippen molar-refractivity contribution in [2.45, 2.75) is 0 Å². The fourth-order valence-electron chi connectivity index (χ4n) is 0.193. The van der Waals surface area contributed by atoms with Gasteiger partial charge in [-0.05, 0) is 5.16 Å². The smallest absolute Gasteiger partial charge is 0.317 e. The molecular formula is C3N3O. The van der Waals surface area contributed by atoms with Crippen molar-refractivity contribution >= 4 is 0 Å². The minimum Gasteiger partial charge on any atom is -0.327 e. The van der Waals surface area contributed by atoms with Crippen LogP contribution in [0, 0.1) is 17.7 Å². The van der Waals surface area contributed by atoms with Crippen LogP contribution in [0.4, 0.5) is 0 Å². The molecule has 0 spiro atoms. The Kier molecular flexibility index (Phi) is 0.755. The highest BCUT2D eigenvalue weighted by molar-refractivity contribution is 5.03. The van der Waals surface area contributed by atoms with Gasteiger partial charge < -0.3 is 4.52 Å². The fourth-order valence-corrected chi connectivity index (χ4v) is 0.193. The van der Waals surface area contributed by atoms with E-state index in [1.165, 1.54) is 0 Å². The molecule has 4 nitrogen and oxygen atoms in total. The lowest BCUT2D eigenvalue weighted by molar-refractivity contribution is 0.408. The molecule has 0 N–H and O–H groups in total. The van der Waals surface area contributed by atoms with Crippen LogP contribution in [0.2, 0.25) is 0 Å². The Morgan fingerprint density at radius 2 is 2.71 bits per heavy atom. The highest BCUT2D eigenvalue weighted by atomic mass is 16.5. The van der Waals surface area contributed by atoms with E-state index in [0.29, 0.717) is 0 Å². The molecule has 0 bridgehead atoms. The number of hydrogen-bond donors (Lipinski definition) is 0. The number of nitriles is 1. The predicted molar refractivity (Wildman–Crippen MR) is 17.8 cm³/mol. The summed E-state index contributed by atoms with van der Waals surface area (Å²) < 4.78 is 4.10. The zero-order valence-corrected chi connectivity index (χ0v) is 3.25. The summed E-state index contributed by atoms with van der Waals surface area (Å²) in [6.07, 6.45) is 2.02. The van der Waals surface area contributed by atoms with E-state index >= 15 is 0 Å². The summed E-state index contributed by atoms with van der Waals surface area (Å²) >= 11 is 0. The maximum atomic E-state index is 7.97. The van der Waals surface area contributed by atoms with Crippen LogP contribution in [-0.2, 0) is 0 Å². The van der Waals surface area contributed by atoms with Crippen LogP contribution in [0.1, 0.15) is 5.82 Å². The van der Waals surface area contributed by atoms with Gasteiger partial charge in [0.15, 0.2) is 0 Å². The summed E-state index contributed by atoms with van der Waals surface area (Å²) in [4.78, 5) is 3.27. The highest BCUT2D eigenvalue weighted by Crippen LogP contribution is 1.78. The van der Waals surface area contributed by atoms with Crippen LogP contribution in [0.5, 0.6) is 0 Å². The van der Waals surface area contributed by atoms with E-state index in [9.17, 15) is 0 Å². The Hall–Kier alpha value is -1.37. The zero-order valence-electron chi connectivity index (χ0n) is 3.25. The largest absolute Gasteiger partial charge is 0.327 e. The third-order valence-electron chi connectivity index (χ3n) is 0.424. The van der Waals surface area contributed by atoms with Crippen LogP contribution in [-0.4, -0.2) is 10.1 Å². The second-order valence-corrected chi connectivity index (χ2v) is 0.821. The third kappa shape index (κ3) is 0.550. The van der Waals surface area contributed by atoms with Crippen molar-refractivity contribution in [3.8, 4) is 6.07 Å². The molecule has 0 fully saturated rings. The van der Waals surface area contributed by atoms with Gasteiger partial charge >= 0.3 is 6.39 Å². The first-order valence-electron chi connectivity index (χ1n) is 1.53. The molecule has 0 aromatic carbocycles. The van der Waals surface area contributed by atoms with E-state index in [2.05, 4.69) is 14.7 Å². The zero-order chi connectivity index (χ0) is 5.11. The Morgan fingerprint density at radius 3 is 3.00 bits per heavy atom. The van der Waals surface area contributed by atoms with E-state index < -0.39 is 0 Å². The number of hydrogen-bond acceptors (Lipinski definition) is 4. The van der Waals surface area contributed by atoms with E-state index in [-0.39, 0.29) is 5.82 Å². The molecule has 0 aliphatic heterocycles. The van der Waals surface area contributed by atoms with Crippen molar-refractivity contribution < 1.29 is 4.52 Å². The molecule has 0 atom stereocenters. The van der Waals surface area contributed by atoms with Gasteiger partial charge in [-0.1, -0.05) is 0 Å². The Balaban J connectivity index is 3.04. The summed E-state index contributed by atoms with van der Waals surface area (Å²) in [7, 11) is 0. The van der Waals surface area contributed by atoms with Gasteiger partial charge in [0.2, 0.25) is 0 Å². The molecule has 4 heteroatoms. The topological polar surface area (TPSA) is 62.7 Å². The SMILES string of the molecule is N#Cc1n[c]on1. The maximum absolute atomic E-state index is 7.97. The normalized spacial score (nSPS) is 7.86. The third-order valence-corrected chi connectivity index (χ3v) is 0.424. The monoisotopic (exact) mass is 94.0 g/mol. The van der Waals surface area contributed by atoms with Gasteiger partial charge in [0.1, 0.15) is 6.07 Å². The van der Waals surface area contributed by atoms with E-state index in [0.717, 1.165) is 0 Å². The first-order valence-corrected chi connectivity index (χ1v) is 1.53. The molecule has 0 saturated carbocycles. The summed E-state index contributed by atoms with van der Waals surface area (Å²) in [5.74, 6) is 0.0139. The second kappa shape index (κ2) is 1.39. The van der Waals surface area contributed by atoms with Crippen molar-refractivity contribution in [2.24, 2.45) is 0 Å². The van der Waals surface area contributed by atoms with E-state index in [1.807, 2.05) is 6.39 Å². The van der Waals surface area contributed by atoms with Gasteiger partial charge in [0, 0.05) is 0 Å². The van der Waals surface area contributed by atoms with Gasteiger partial charge in [-0.3, -0.25) is 0 Å². The molecule has 0 aliphatic carbocycles. The second-order valence-electron chi connectivity index (χ2n) is 0.821. The Bertz CT molecular complexity index is 173. The van der Waals surface area contributed by atoms with Crippen LogP contribution < -0.4 is 0 Å². The van der Waals surface area contributed by atoms with Crippen molar-refractivity contribution in [2.75, 3.05) is 0 Å². The Labute approximate surface area is 39.4 Å². The molecular weight excluding hydrogens is 94.1 g/mol. The van der Waals surface area contributed by atoms with Gasteiger partial charge in [0.25, 0.3) is 5.82 Å². The van der Waals surface area contributed by atoms with Gasteiger partial charge in [0.05, 0.1) is 0 Å². The minimum atomic E-state index is 0.0139. The summed E-state index contributed by atoms with van der Waals surface area (Å²) in [5, 5.41) is 11.1. The number of aromatic nitrogens is 2. The quantitative estimate of drug-likeness (QED) is 0.444. The first-order chi connectivity index (χ1) is 3.43. The summed E-state index contributed by atoms with van der Waals surface area (Å²) in [5.41, 5.74) is 0. The molecule has 7 heavy (non-hydrogen) atoms. The van der Waals surface area contributed by atoms with Gasteiger partial charge in [-0.2, -0.15) is 10.2 Å². The van der Waals surface area contributed by atoms with Crippen LogP contribution in [0.3, 0.4) is 0 Å². The van der Waals surface area contributed by atoms with Crippen LogP contribution in [0.25, 0.3) is 0 Å². The molecule has 0 amide bonds. The molecule has 1 aromatic rings. The molecule has 33 valence electrons. The van der Waals surface area contributed by atoms with Crippen LogP contribution in [0.15, 0.2) is 4.52 Å². The van der Waals surface area contributed by atoms with Crippen molar-refractivity contribution in [3.63, 3.8) is 0 Å². The van der Waals surface area contributed by atoms with Crippen molar-refractivity contribution in [3.05, 3.63) is 12.2 Å². The number of rotatable bonds is 0. The lowest BCUT2D eigenvalue weighted by atomic mass is 10.7. The standard InChI is InChI=1S/C3N3O/c4-1-3-5-2-7-6-3. The van der Waals surface area contributed by atoms with E-state index in [1.54, 1.807) is 6.07 Å². The average molecular weight is 94.1 g/mol. The molecule has 1 radical (unpaired) electrons. The van der Waals surface area contributed by atoms with Gasteiger partial charge in [-0.15, -0.1) is 0 Å². The molecule has 1 aromatic heterocycles. The summed E-state index contributed by atoms with van der Waals surface area (Å²) in [6.45, 7) is 0. The van der Waals surface area contributed by atoms with Crippen molar-refractivity contribution in [1.29, 1.82) is 5.26 Å². The predicted octanol–water partition coefficient (Wildman–Crippen LogP) is -0.259. The lowest BCUT2D eigenvalue weighted by Crippen LogP contribution is -1.70. The molecule has 0 saturated heterocycles. The van der Waals surface area contributed by atoms with Crippen LogP contribution >= 0.6 is 0 Å². The first kappa shape index (κ1) is 3.81. The average Bonchev–Trinajstić information content (AvgIpc) is 2.14.